The number of rotatable bonds is 4. The summed E-state index contributed by atoms with van der Waals surface area (Å²) in [7, 11) is 1.88. The summed E-state index contributed by atoms with van der Waals surface area (Å²) in [5, 5.41) is 13.9. The number of amides is 1. The van der Waals surface area contributed by atoms with Crippen LogP contribution in [0.1, 0.15) is 23.2 Å². The maximum Gasteiger partial charge on any atom is 0.288 e. The highest BCUT2D eigenvalue weighted by Gasteiger charge is 2.27. The molecular weight excluding hydrogens is 296 g/mol. The first-order valence-electron chi connectivity index (χ1n) is 6.76. The van der Waals surface area contributed by atoms with E-state index in [-0.39, 0.29) is 22.3 Å². The van der Waals surface area contributed by atoms with E-state index in [9.17, 15) is 14.9 Å². The van der Waals surface area contributed by atoms with Gasteiger partial charge in [-0.15, -0.1) is 0 Å². The average molecular weight is 313 g/mol. The van der Waals surface area contributed by atoms with Crippen molar-refractivity contribution in [1.29, 1.82) is 0 Å². The van der Waals surface area contributed by atoms with E-state index in [1.54, 1.807) is 4.90 Å². The lowest BCUT2D eigenvalue weighted by Gasteiger charge is -2.32. The zero-order chi connectivity index (χ0) is 15.4. The third-order valence-electron chi connectivity index (χ3n) is 3.56. The predicted octanol–water partition coefficient (Wildman–Crippen LogP) is 1.71. The number of pyridine rings is 1. The molecule has 1 fully saturated rings. The van der Waals surface area contributed by atoms with Crippen LogP contribution >= 0.6 is 11.6 Å². The Kier molecular flexibility index (Phi) is 5.08. The van der Waals surface area contributed by atoms with E-state index in [1.807, 2.05) is 7.05 Å². The van der Waals surface area contributed by atoms with Gasteiger partial charge in [0.25, 0.3) is 11.6 Å². The van der Waals surface area contributed by atoms with Crippen molar-refractivity contribution in [3.63, 3.8) is 0 Å². The van der Waals surface area contributed by atoms with Gasteiger partial charge >= 0.3 is 0 Å². The second kappa shape index (κ2) is 6.82. The topological polar surface area (TPSA) is 88.4 Å². The first kappa shape index (κ1) is 15.7. The first-order valence-corrected chi connectivity index (χ1v) is 7.14. The number of hydrogen-bond donors (Lipinski definition) is 1. The van der Waals surface area contributed by atoms with Gasteiger partial charge in [0.1, 0.15) is 11.3 Å². The molecule has 0 bridgehead atoms. The van der Waals surface area contributed by atoms with Gasteiger partial charge in [-0.3, -0.25) is 14.9 Å². The van der Waals surface area contributed by atoms with Crippen LogP contribution in [0.15, 0.2) is 12.3 Å². The molecule has 1 saturated heterocycles. The van der Waals surface area contributed by atoms with Crippen LogP contribution in [0.25, 0.3) is 0 Å². The van der Waals surface area contributed by atoms with E-state index >= 15 is 0 Å². The minimum Gasteiger partial charge on any atom is -0.338 e. The average Bonchev–Trinajstić information content (AvgIpc) is 2.47. The summed E-state index contributed by atoms with van der Waals surface area (Å²) >= 11 is 5.92. The number of carbonyl (C=O) groups excluding carboxylic acids is 1. The van der Waals surface area contributed by atoms with Crippen LogP contribution in [0.2, 0.25) is 5.15 Å². The van der Waals surface area contributed by atoms with Crippen LogP contribution in [0, 0.1) is 16.0 Å². The van der Waals surface area contributed by atoms with Gasteiger partial charge in [-0.25, -0.2) is 4.98 Å². The highest BCUT2D eigenvalue weighted by atomic mass is 35.5. The maximum atomic E-state index is 12.5. The van der Waals surface area contributed by atoms with Crippen LogP contribution in [-0.4, -0.2) is 47.4 Å². The van der Waals surface area contributed by atoms with Crippen molar-refractivity contribution in [1.82, 2.24) is 15.2 Å². The van der Waals surface area contributed by atoms with E-state index in [0.29, 0.717) is 19.0 Å². The molecule has 0 aliphatic carbocycles. The van der Waals surface area contributed by atoms with Crippen molar-refractivity contribution < 1.29 is 9.72 Å². The molecule has 2 rings (SSSR count). The molecule has 0 saturated carbocycles. The summed E-state index contributed by atoms with van der Waals surface area (Å²) in [6.07, 6.45) is 3.03. The van der Waals surface area contributed by atoms with E-state index in [2.05, 4.69) is 10.3 Å². The lowest BCUT2D eigenvalue weighted by Crippen LogP contribution is -2.42. The van der Waals surface area contributed by atoms with Crippen molar-refractivity contribution >= 4 is 23.2 Å². The van der Waals surface area contributed by atoms with Gasteiger partial charge in [-0.2, -0.15) is 0 Å². The fourth-order valence-corrected chi connectivity index (χ4v) is 2.75. The Morgan fingerprint density at radius 2 is 2.43 bits per heavy atom. The number of nitro groups is 1. The van der Waals surface area contributed by atoms with Crippen LogP contribution in [-0.2, 0) is 0 Å². The van der Waals surface area contributed by atoms with Gasteiger partial charge in [0.2, 0.25) is 0 Å². The lowest BCUT2D eigenvalue weighted by molar-refractivity contribution is -0.385. The Bertz CT molecular complexity index is 550. The van der Waals surface area contributed by atoms with E-state index in [0.717, 1.165) is 25.6 Å². The number of nitrogens with zero attached hydrogens (tertiary/aromatic N) is 3. The molecule has 1 aliphatic rings. The van der Waals surface area contributed by atoms with Crippen LogP contribution < -0.4 is 5.32 Å². The molecular formula is C13H17ClN4O3. The molecule has 0 radical (unpaired) electrons. The molecule has 1 aromatic rings. The summed E-state index contributed by atoms with van der Waals surface area (Å²) in [4.78, 5) is 28.1. The van der Waals surface area contributed by atoms with E-state index in [4.69, 9.17) is 11.6 Å². The lowest BCUT2D eigenvalue weighted by atomic mass is 9.97. The number of halogens is 1. The second-order valence-electron chi connectivity index (χ2n) is 5.11. The van der Waals surface area contributed by atoms with Gasteiger partial charge < -0.3 is 10.2 Å². The Balaban J connectivity index is 2.19. The van der Waals surface area contributed by atoms with Gasteiger partial charge in [0.15, 0.2) is 0 Å². The molecule has 114 valence electrons. The largest absolute Gasteiger partial charge is 0.338 e. The Morgan fingerprint density at radius 1 is 1.67 bits per heavy atom. The van der Waals surface area contributed by atoms with E-state index in [1.165, 1.54) is 6.07 Å². The Morgan fingerprint density at radius 3 is 3.10 bits per heavy atom. The third-order valence-corrected chi connectivity index (χ3v) is 3.87. The number of likely N-dealkylation sites (tertiary alicyclic amines) is 1. The zero-order valence-electron chi connectivity index (χ0n) is 11.7. The molecule has 1 N–H and O–H groups in total. The number of hydrogen-bond acceptors (Lipinski definition) is 5. The Hall–Kier alpha value is -1.73. The minimum atomic E-state index is -0.583. The smallest absolute Gasteiger partial charge is 0.288 e. The van der Waals surface area contributed by atoms with Crippen molar-refractivity contribution in [2.45, 2.75) is 12.8 Å². The normalized spacial score (nSPS) is 18.6. The maximum absolute atomic E-state index is 12.5. The highest BCUT2D eigenvalue weighted by molar-refractivity contribution is 6.32. The molecule has 0 spiro atoms. The molecule has 2 heterocycles. The SMILES string of the molecule is CNCC1CCCN(C(=O)c2cc([N+](=O)[O-])cnc2Cl)C1. The third kappa shape index (κ3) is 3.68. The summed E-state index contributed by atoms with van der Waals surface area (Å²) < 4.78 is 0. The van der Waals surface area contributed by atoms with Crippen LogP contribution in [0.5, 0.6) is 0 Å². The molecule has 8 heteroatoms. The molecule has 21 heavy (non-hydrogen) atoms. The van der Waals surface area contributed by atoms with Crippen LogP contribution in [0.4, 0.5) is 5.69 Å². The molecule has 1 amide bonds. The molecule has 0 aromatic carbocycles. The quantitative estimate of drug-likeness (QED) is 0.519. The number of carbonyl (C=O) groups is 1. The molecule has 7 nitrogen and oxygen atoms in total. The second-order valence-corrected chi connectivity index (χ2v) is 5.46. The highest BCUT2D eigenvalue weighted by Crippen LogP contribution is 2.23. The minimum absolute atomic E-state index is 0.00124. The molecule has 1 unspecified atom stereocenters. The van der Waals surface area contributed by atoms with Crippen molar-refractivity contribution in [3.05, 3.63) is 33.1 Å². The van der Waals surface area contributed by atoms with Gasteiger partial charge in [-0.05, 0) is 32.4 Å². The predicted molar refractivity (Wildman–Crippen MR) is 78.5 cm³/mol. The molecule has 1 aliphatic heterocycles. The fourth-order valence-electron chi connectivity index (χ4n) is 2.56. The zero-order valence-corrected chi connectivity index (χ0v) is 12.5. The summed E-state index contributed by atoms with van der Waals surface area (Å²) in [5.74, 6) is 0.0927. The molecule has 1 aromatic heterocycles. The Labute approximate surface area is 127 Å². The molecule has 1 atom stereocenters. The van der Waals surface area contributed by atoms with Crippen LogP contribution in [0.3, 0.4) is 0 Å². The standard InChI is InChI=1S/C13H17ClN4O3/c1-15-6-9-3-2-4-17(8-9)13(19)11-5-10(18(20)21)7-16-12(11)14/h5,7,9,15H,2-4,6,8H2,1H3. The monoisotopic (exact) mass is 312 g/mol. The fraction of sp³-hybridized carbons (Fsp3) is 0.538. The number of aromatic nitrogens is 1. The summed E-state index contributed by atoms with van der Waals surface area (Å²) in [6, 6.07) is 1.19. The van der Waals surface area contributed by atoms with Gasteiger partial charge in [-0.1, -0.05) is 11.6 Å². The van der Waals surface area contributed by atoms with Crippen molar-refractivity contribution in [2.24, 2.45) is 5.92 Å². The van der Waals surface area contributed by atoms with Crippen molar-refractivity contribution in [2.75, 3.05) is 26.7 Å². The number of nitrogens with one attached hydrogen (secondary N) is 1. The van der Waals surface area contributed by atoms with Gasteiger partial charge in [0.05, 0.1) is 10.5 Å². The van der Waals surface area contributed by atoms with Gasteiger partial charge in [0, 0.05) is 19.2 Å². The van der Waals surface area contributed by atoms with E-state index < -0.39 is 4.92 Å². The number of piperidine rings is 1. The first-order chi connectivity index (χ1) is 10.0. The van der Waals surface area contributed by atoms with Crippen molar-refractivity contribution in [3.8, 4) is 0 Å². The summed E-state index contributed by atoms with van der Waals surface area (Å²) in [6.45, 7) is 2.10. The summed E-state index contributed by atoms with van der Waals surface area (Å²) in [5.41, 5.74) is -0.137.